The lowest BCUT2D eigenvalue weighted by Crippen LogP contribution is -2.68. The largest absolute Gasteiger partial charge is 0.456 e. The third kappa shape index (κ3) is 4.04. The molecule has 2 bridgehead atoms. The molecule has 3 aliphatic carbocycles. The second-order valence-electron chi connectivity index (χ2n) is 10.1. The van der Waals surface area contributed by atoms with E-state index in [1.165, 1.54) is 0 Å². The molecule has 31 heavy (non-hydrogen) atoms. The van der Waals surface area contributed by atoms with Gasteiger partial charge >= 0.3 is 5.97 Å². The van der Waals surface area contributed by atoms with Crippen molar-refractivity contribution < 1.29 is 19.4 Å². The van der Waals surface area contributed by atoms with Crippen LogP contribution in [-0.2, 0) is 20.9 Å². The van der Waals surface area contributed by atoms with Crippen LogP contribution in [-0.4, -0.2) is 22.8 Å². The molecule has 4 nitrogen and oxygen atoms in total. The normalized spacial score (nSPS) is 30.7. The topological polar surface area (TPSA) is 55.8 Å². The third-order valence-electron chi connectivity index (χ3n) is 7.90. The van der Waals surface area contributed by atoms with Gasteiger partial charge in [0.25, 0.3) is 0 Å². The maximum absolute atomic E-state index is 13.2. The van der Waals surface area contributed by atoms with Crippen LogP contribution in [0.15, 0.2) is 60.7 Å². The van der Waals surface area contributed by atoms with Gasteiger partial charge in [0.1, 0.15) is 5.60 Å². The van der Waals surface area contributed by atoms with Gasteiger partial charge in [0.05, 0.1) is 24.7 Å². The molecule has 0 radical (unpaired) electrons. The molecule has 0 aliphatic heterocycles. The average molecular weight is 423 g/mol. The second-order valence-corrected chi connectivity index (χ2v) is 10.1. The lowest BCUT2D eigenvalue weighted by Gasteiger charge is -2.65. The first-order valence-electron chi connectivity index (χ1n) is 11.3. The third-order valence-corrected chi connectivity index (χ3v) is 7.90. The summed E-state index contributed by atoms with van der Waals surface area (Å²) in [7, 11) is 0. The minimum atomic E-state index is -0.897. The summed E-state index contributed by atoms with van der Waals surface area (Å²) >= 11 is 0. The van der Waals surface area contributed by atoms with Crippen molar-refractivity contribution in [3.8, 4) is 0 Å². The zero-order chi connectivity index (χ0) is 22.2. The van der Waals surface area contributed by atoms with Crippen LogP contribution in [0.4, 0.5) is 0 Å². The summed E-state index contributed by atoms with van der Waals surface area (Å²) in [6.07, 6.45) is 0.883. The Labute approximate surface area is 185 Å². The molecule has 2 aromatic rings. The summed E-state index contributed by atoms with van der Waals surface area (Å²) in [5.74, 6) is -0.204. The van der Waals surface area contributed by atoms with Gasteiger partial charge in [0.2, 0.25) is 0 Å². The number of hydrogen-bond donors (Lipinski definition) is 1. The Bertz CT molecular complexity index is 894. The Morgan fingerprint density at radius 3 is 2.26 bits per heavy atom. The van der Waals surface area contributed by atoms with E-state index in [0.717, 1.165) is 24.0 Å². The number of aliphatic hydroxyl groups is 1. The molecule has 4 heteroatoms. The van der Waals surface area contributed by atoms with Crippen LogP contribution in [0, 0.1) is 23.2 Å². The maximum atomic E-state index is 13.2. The fourth-order valence-electron chi connectivity index (χ4n) is 5.62. The number of hydrogen-bond acceptors (Lipinski definition) is 4. The molecule has 3 aliphatic rings. The highest BCUT2D eigenvalue weighted by Gasteiger charge is 2.65. The molecule has 3 fully saturated rings. The van der Waals surface area contributed by atoms with Gasteiger partial charge in [0.15, 0.2) is 0 Å². The number of carbonyl (C=O) groups excluding carboxylic acids is 1. The Hall–Kier alpha value is -2.17. The fraction of sp³-hybridized carbons (Fsp3) is 0.519. The van der Waals surface area contributed by atoms with E-state index in [4.69, 9.17) is 9.47 Å². The fourth-order valence-corrected chi connectivity index (χ4v) is 5.62. The van der Waals surface area contributed by atoms with Crippen molar-refractivity contribution in [3.05, 3.63) is 71.8 Å². The van der Waals surface area contributed by atoms with E-state index in [9.17, 15) is 9.90 Å². The van der Waals surface area contributed by atoms with Crippen LogP contribution in [0.3, 0.4) is 0 Å². The maximum Gasteiger partial charge on any atom is 0.312 e. The summed E-state index contributed by atoms with van der Waals surface area (Å²) in [4.78, 5) is 13.2. The number of fused-ring (bicyclic) bond motifs is 2. The zero-order valence-corrected chi connectivity index (χ0v) is 19.0. The Morgan fingerprint density at radius 2 is 1.65 bits per heavy atom. The predicted molar refractivity (Wildman–Crippen MR) is 120 cm³/mol. The smallest absolute Gasteiger partial charge is 0.312 e. The molecule has 0 unspecified atom stereocenters. The standard InChI is InChI=1S/C27H34O4/c1-18(24(28)20-13-9-6-10-14-20)25(29)31-27(4)22-15-21(26(22,2)3)16-23(27)30-17-19-11-7-5-8-12-19/h5-14,18,21-24,28H,15-17H2,1-4H3/t18-,21-,22-,23+,24+,27-/m1/s1. The van der Waals surface area contributed by atoms with E-state index >= 15 is 0 Å². The van der Waals surface area contributed by atoms with E-state index < -0.39 is 17.6 Å². The van der Waals surface area contributed by atoms with Crippen molar-refractivity contribution >= 4 is 5.97 Å². The van der Waals surface area contributed by atoms with Gasteiger partial charge in [-0.15, -0.1) is 0 Å². The van der Waals surface area contributed by atoms with Crippen LogP contribution in [0.5, 0.6) is 0 Å². The minimum Gasteiger partial charge on any atom is -0.456 e. The first kappa shape index (κ1) is 22.0. The van der Waals surface area contributed by atoms with E-state index in [1.807, 2.05) is 55.5 Å². The van der Waals surface area contributed by atoms with Crippen molar-refractivity contribution in [1.82, 2.24) is 0 Å². The SMILES string of the molecule is C[C@@H](C(=O)O[C@@]1(C)[C@@H](OCc2ccccc2)C[C@H]2C[C@@H]1C2(C)C)[C@H](O)c1ccccc1. The van der Waals surface area contributed by atoms with Gasteiger partial charge in [-0.25, -0.2) is 0 Å². The number of ether oxygens (including phenoxy) is 2. The lowest BCUT2D eigenvalue weighted by molar-refractivity contribution is -0.272. The molecule has 0 aromatic heterocycles. The van der Waals surface area contributed by atoms with Crippen LogP contribution in [0.25, 0.3) is 0 Å². The van der Waals surface area contributed by atoms with E-state index in [0.29, 0.717) is 12.5 Å². The Kier molecular flexibility index (Phi) is 5.97. The van der Waals surface area contributed by atoms with Gasteiger partial charge in [-0.2, -0.15) is 0 Å². The van der Waals surface area contributed by atoms with E-state index in [-0.39, 0.29) is 23.4 Å². The molecule has 1 N–H and O–H groups in total. The summed E-state index contributed by atoms with van der Waals surface area (Å²) in [6, 6.07) is 19.4. The van der Waals surface area contributed by atoms with Gasteiger partial charge in [0, 0.05) is 5.92 Å². The summed E-state index contributed by atoms with van der Waals surface area (Å²) < 4.78 is 12.6. The molecule has 0 amide bonds. The minimum absolute atomic E-state index is 0.114. The molecular formula is C27H34O4. The molecule has 3 saturated carbocycles. The molecule has 0 heterocycles. The highest BCUT2D eigenvalue weighted by molar-refractivity contribution is 5.73. The molecule has 5 rings (SSSR count). The quantitative estimate of drug-likeness (QED) is 0.615. The van der Waals surface area contributed by atoms with Crippen LogP contribution in [0.1, 0.15) is 57.8 Å². The number of carbonyl (C=O) groups is 1. The van der Waals surface area contributed by atoms with Crippen molar-refractivity contribution in [2.45, 2.75) is 65.0 Å². The monoisotopic (exact) mass is 422 g/mol. The number of esters is 1. The molecular weight excluding hydrogens is 388 g/mol. The summed E-state index contributed by atoms with van der Waals surface area (Å²) in [6.45, 7) is 8.81. The molecule has 166 valence electrons. The van der Waals surface area contributed by atoms with Crippen molar-refractivity contribution in [1.29, 1.82) is 0 Å². The van der Waals surface area contributed by atoms with Gasteiger partial charge in [-0.1, -0.05) is 74.5 Å². The van der Waals surface area contributed by atoms with Gasteiger partial charge in [-0.3, -0.25) is 4.79 Å². The van der Waals surface area contributed by atoms with Crippen LogP contribution in [0.2, 0.25) is 0 Å². The summed E-state index contributed by atoms with van der Waals surface area (Å²) in [5.41, 5.74) is 1.24. The zero-order valence-electron chi connectivity index (χ0n) is 19.0. The van der Waals surface area contributed by atoms with Crippen LogP contribution < -0.4 is 0 Å². The second kappa shape index (κ2) is 8.40. The molecule has 0 saturated heterocycles. The number of benzene rings is 2. The Morgan fingerprint density at radius 1 is 1.03 bits per heavy atom. The molecule has 6 atom stereocenters. The first-order chi connectivity index (χ1) is 14.7. The first-order valence-corrected chi connectivity index (χ1v) is 11.3. The Balaban J connectivity index is 1.51. The predicted octanol–water partition coefficient (Wildman–Crippen LogP) is 5.31. The highest BCUT2D eigenvalue weighted by Crippen LogP contribution is 2.64. The lowest BCUT2D eigenvalue weighted by atomic mass is 9.43. The van der Waals surface area contributed by atoms with Crippen molar-refractivity contribution in [2.24, 2.45) is 23.2 Å². The van der Waals surface area contributed by atoms with Crippen molar-refractivity contribution in [2.75, 3.05) is 0 Å². The van der Waals surface area contributed by atoms with Crippen LogP contribution >= 0.6 is 0 Å². The van der Waals surface area contributed by atoms with Crippen molar-refractivity contribution in [3.63, 3.8) is 0 Å². The number of rotatable bonds is 7. The molecule has 0 spiro atoms. The number of aliphatic hydroxyl groups excluding tert-OH is 1. The average Bonchev–Trinajstić information content (AvgIpc) is 2.78. The highest BCUT2D eigenvalue weighted by atomic mass is 16.6. The van der Waals surface area contributed by atoms with E-state index in [1.54, 1.807) is 6.92 Å². The molecule has 2 aromatic carbocycles. The van der Waals surface area contributed by atoms with E-state index in [2.05, 4.69) is 26.0 Å². The van der Waals surface area contributed by atoms with Gasteiger partial charge < -0.3 is 14.6 Å². The van der Waals surface area contributed by atoms with Gasteiger partial charge in [-0.05, 0) is 49.1 Å². The summed E-state index contributed by atoms with van der Waals surface area (Å²) in [5, 5.41) is 10.7.